The Labute approximate surface area is 87.0 Å². The Bertz CT molecular complexity index is 274. The highest BCUT2D eigenvalue weighted by molar-refractivity contribution is 9.10. The second-order valence-electron chi connectivity index (χ2n) is 2.85. The maximum absolute atomic E-state index is 5.24. The normalized spacial score (nSPS) is 10.4. The van der Waals surface area contributed by atoms with E-state index in [4.69, 9.17) is 9.47 Å². The fourth-order valence-corrected chi connectivity index (χ4v) is 1.61. The van der Waals surface area contributed by atoms with Crippen LogP contribution in [0.25, 0.3) is 0 Å². The average Bonchev–Trinajstić information content (AvgIpc) is 2.09. The molecule has 0 bridgehead atoms. The van der Waals surface area contributed by atoms with E-state index in [1.807, 2.05) is 0 Å². The van der Waals surface area contributed by atoms with E-state index in [0.29, 0.717) is 13.4 Å². The van der Waals surface area contributed by atoms with E-state index in [-0.39, 0.29) is 0 Å². The zero-order valence-corrected chi connectivity index (χ0v) is 9.43. The summed E-state index contributed by atoms with van der Waals surface area (Å²) in [5.74, 6) is 0. The topological polar surface area (TPSA) is 18.5 Å². The van der Waals surface area contributed by atoms with Crippen molar-refractivity contribution in [3.8, 4) is 0 Å². The van der Waals surface area contributed by atoms with E-state index in [1.165, 1.54) is 5.56 Å². The second-order valence-corrected chi connectivity index (χ2v) is 3.70. The van der Waals surface area contributed by atoms with E-state index in [9.17, 15) is 0 Å². The van der Waals surface area contributed by atoms with Crippen LogP contribution in [-0.4, -0.2) is 13.9 Å². The van der Waals surface area contributed by atoms with Crippen molar-refractivity contribution in [2.75, 3.05) is 13.9 Å². The Hall–Kier alpha value is -0.380. The van der Waals surface area contributed by atoms with Gasteiger partial charge in [-0.1, -0.05) is 28.1 Å². The van der Waals surface area contributed by atoms with Crippen LogP contribution in [0.4, 0.5) is 0 Å². The van der Waals surface area contributed by atoms with Gasteiger partial charge in [0.1, 0.15) is 6.79 Å². The largest absolute Gasteiger partial charge is 0.359 e. The monoisotopic (exact) mass is 244 g/mol. The van der Waals surface area contributed by atoms with Gasteiger partial charge >= 0.3 is 0 Å². The molecule has 0 aliphatic heterocycles. The molecule has 0 spiro atoms. The summed E-state index contributed by atoms with van der Waals surface area (Å²) in [7, 11) is 1.62. The summed E-state index contributed by atoms with van der Waals surface area (Å²) in [6.45, 7) is 2.97. The standard InChI is InChI=1S/C10H13BrO2/c1-8-3-4-9(10(11)5-8)6-13-7-12-2/h3-5H,6-7H2,1-2H3. The van der Waals surface area contributed by atoms with Gasteiger partial charge in [-0.15, -0.1) is 0 Å². The first-order valence-corrected chi connectivity index (χ1v) is 4.85. The first-order chi connectivity index (χ1) is 6.24. The molecule has 1 rings (SSSR count). The van der Waals surface area contributed by atoms with Gasteiger partial charge in [0.15, 0.2) is 0 Å². The highest BCUT2D eigenvalue weighted by Gasteiger charge is 1.99. The molecule has 0 aromatic heterocycles. The van der Waals surface area contributed by atoms with Crippen LogP contribution >= 0.6 is 15.9 Å². The summed E-state index contributed by atoms with van der Waals surface area (Å²) < 4.78 is 11.1. The van der Waals surface area contributed by atoms with Gasteiger partial charge < -0.3 is 9.47 Å². The summed E-state index contributed by atoms with van der Waals surface area (Å²) in [6, 6.07) is 6.19. The van der Waals surface area contributed by atoms with Crippen LogP contribution in [0.15, 0.2) is 22.7 Å². The van der Waals surface area contributed by atoms with E-state index >= 15 is 0 Å². The molecule has 0 saturated heterocycles. The van der Waals surface area contributed by atoms with Crippen LogP contribution < -0.4 is 0 Å². The lowest BCUT2D eigenvalue weighted by Crippen LogP contribution is -1.97. The van der Waals surface area contributed by atoms with Gasteiger partial charge in [-0.25, -0.2) is 0 Å². The Balaban J connectivity index is 2.56. The summed E-state index contributed by atoms with van der Waals surface area (Å²) in [5.41, 5.74) is 2.38. The Kier molecular flexibility index (Phi) is 4.42. The summed E-state index contributed by atoms with van der Waals surface area (Å²) >= 11 is 3.48. The predicted octanol–water partition coefficient (Wildman–Crippen LogP) is 2.88. The molecule has 0 atom stereocenters. The van der Waals surface area contributed by atoms with Crippen molar-refractivity contribution in [1.82, 2.24) is 0 Å². The molecule has 0 unspecified atom stereocenters. The number of ether oxygens (including phenoxy) is 2. The van der Waals surface area contributed by atoms with Crippen LogP contribution in [0, 0.1) is 6.92 Å². The molecule has 0 aliphatic rings. The minimum atomic E-state index is 0.334. The third-order valence-corrected chi connectivity index (χ3v) is 2.41. The van der Waals surface area contributed by atoms with Gasteiger partial charge in [0.25, 0.3) is 0 Å². The molecule has 0 amide bonds. The van der Waals surface area contributed by atoms with Crippen LogP contribution in [-0.2, 0) is 16.1 Å². The van der Waals surface area contributed by atoms with Crippen LogP contribution in [0.5, 0.6) is 0 Å². The number of hydrogen-bond acceptors (Lipinski definition) is 2. The Morgan fingerprint density at radius 3 is 2.77 bits per heavy atom. The van der Waals surface area contributed by atoms with Crippen molar-refractivity contribution < 1.29 is 9.47 Å². The minimum absolute atomic E-state index is 0.334. The van der Waals surface area contributed by atoms with Crippen molar-refractivity contribution in [2.45, 2.75) is 13.5 Å². The third-order valence-electron chi connectivity index (χ3n) is 1.67. The lowest BCUT2D eigenvalue weighted by atomic mass is 10.2. The molecule has 72 valence electrons. The highest BCUT2D eigenvalue weighted by atomic mass is 79.9. The molecule has 3 heteroatoms. The van der Waals surface area contributed by atoms with Gasteiger partial charge in [-0.05, 0) is 24.1 Å². The molecule has 0 heterocycles. The lowest BCUT2D eigenvalue weighted by molar-refractivity contribution is -0.0392. The molecule has 0 N–H and O–H groups in total. The molecule has 0 fully saturated rings. The van der Waals surface area contributed by atoms with Gasteiger partial charge in [0.2, 0.25) is 0 Å². The number of halogens is 1. The average molecular weight is 245 g/mol. The predicted molar refractivity (Wildman–Crippen MR) is 55.5 cm³/mol. The molecule has 13 heavy (non-hydrogen) atoms. The van der Waals surface area contributed by atoms with Gasteiger partial charge in [0.05, 0.1) is 6.61 Å². The molecule has 1 aromatic rings. The number of methoxy groups -OCH3 is 1. The van der Waals surface area contributed by atoms with Gasteiger partial charge in [-0.3, -0.25) is 0 Å². The summed E-state index contributed by atoms with van der Waals surface area (Å²) in [5, 5.41) is 0. The van der Waals surface area contributed by atoms with Crippen molar-refractivity contribution in [3.05, 3.63) is 33.8 Å². The summed E-state index contributed by atoms with van der Waals surface area (Å²) in [4.78, 5) is 0. The minimum Gasteiger partial charge on any atom is -0.359 e. The number of rotatable bonds is 4. The first-order valence-electron chi connectivity index (χ1n) is 4.05. The number of benzene rings is 1. The number of hydrogen-bond donors (Lipinski definition) is 0. The second kappa shape index (κ2) is 5.37. The Morgan fingerprint density at radius 1 is 1.38 bits per heavy atom. The van der Waals surface area contributed by atoms with E-state index in [1.54, 1.807) is 7.11 Å². The highest BCUT2D eigenvalue weighted by Crippen LogP contribution is 2.18. The van der Waals surface area contributed by atoms with Crippen LogP contribution in [0.2, 0.25) is 0 Å². The molecule has 1 aromatic carbocycles. The first kappa shape index (κ1) is 10.7. The maximum atomic E-state index is 5.24. The molecular weight excluding hydrogens is 232 g/mol. The summed E-state index contributed by atoms with van der Waals surface area (Å²) in [6.07, 6.45) is 0. The molecule has 2 nitrogen and oxygen atoms in total. The zero-order chi connectivity index (χ0) is 9.68. The van der Waals surface area contributed by atoms with Crippen LogP contribution in [0.3, 0.4) is 0 Å². The molecule has 0 saturated carbocycles. The van der Waals surface area contributed by atoms with Gasteiger partial charge in [0, 0.05) is 11.6 Å². The van der Waals surface area contributed by atoms with E-state index < -0.39 is 0 Å². The molecule has 0 aliphatic carbocycles. The molecular formula is C10H13BrO2. The number of aryl methyl sites for hydroxylation is 1. The fraction of sp³-hybridized carbons (Fsp3) is 0.400. The van der Waals surface area contributed by atoms with Crippen molar-refractivity contribution >= 4 is 15.9 Å². The van der Waals surface area contributed by atoms with Gasteiger partial charge in [-0.2, -0.15) is 0 Å². The quantitative estimate of drug-likeness (QED) is 0.599. The maximum Gasteiger partial charge on any atom is 0.146 e. The third kappa shape index (κ3) is 3.46. The van der Waals surface area contributed by atoms with E-state index in [2.05, 4.69) is 41.1 Å². The lowest BCUT2D eigenvalue weighted by Gasteiger charge is -2.05. The fourth-order valence-electron chi connectivity index (χ4n) is 1.00. The van der Waals surface area contributed by atoms with E-state index in [0.717, 1.165) is 10.0 Å². The zero-order valence-electron chi connectivity index (χ0n) is 7.84. The van der Waals surface area contributed by atoms with Crippen LogP contribution in [0.1, 0.15) is 11.1 Å². The molecule has 0 radical (unpaired) electrons. The Morgan fingerprint density at radius 2 is 2.15 bits per heavy atom. The van der Waals surface area contributed by atoms with Crippen molar-refractivity contribution in [2.24, 2.45) is 0 Å². The smallest absolute Gasteiger partial charge is 0.146 e. The van der Waals surface area contributed by atoms with Crippen molar-refractivity contribution in [1.29, 1.82) is 0 Å². The van der Waals surface area contributed by atoms with Crippen molar-refractivity contribution in [3.63, 3.8) is 0 Å². The SMILES string of the molecule is COCOCc1ccc(C)cc1Br.